The zero-order chi connectivity index (χ0) is 19.2. The van der Waals surface area contributed by atoms with E-state index in [4.69, 9.17) is 4.74 Å². The van der Waals surface area contributed by atoms with Gasteiger partial charge in [0.1, 0.15) is 11.6 Å². The van der Waals surface area contributed by atoms with E-state index in [1.807, 2.05) is 55.6 Å². The van der Waals surface area contributed by atoms with Gasteiger partial charge in [0.2, 0.25) is 5.88 Å². The highest BCUT2D eigenvalue weighted by Crippen LogP contribution is 2.25. The minimum absolute atomic E-state index is 0.208. The second-order valence-corrected chi connectivity index (χ2v) is 7.22. The molecule has 7 heteroatoms. The number of benzene rings is 1. The largest absolute Gasteiger partial charge is 0.476 e. The predicted octanol–water partition coefficient (Wildman–Crippen LogP) is 3.71. The van der Waals surface area contributed by atoms with Crippen molar-refractivity contribution < 1.29 is 9.53 Å². The summed E-state index contributed by atoms with van der Waals surface area (Å²) < 4.78 is 5.54. The first kappa shape index (κ1) is 19.0. The van der Waals surface area contributed by atoms with E-state index in [-0.39, 0.29) is 5.91 Å². The summed E-state index contributed by atoms with van der Waals surface area (Å²) in [7, 11) is 3.96. The molecule has 0 aliphatic carbocycles. The molecule has 0 fully saturated rings. The molecule has 3 aromatic rings. The van der Waals surface area contributed by atoms with Gasteiger partial charge in [-0.3, -0.25) is 4.79 Å². The molecule has 0 atom stereocenters. The summed E-state index contributed by atoms with van der Waals surface area (Å²) in [5.74, 6) is 0.302. The van der Waals surface area contributed by atoms with Crippen LogP contribution in [0.25, 0.3) is 10.6 Å². The lowest BCUT2D eigenvalue weighted by atomic mass is 10.2. The maximum absolute atomic E-state index is 12.4. The lowest BCUT2D eigenvalue weighted by Gasteiger charge is -2.10. The van der Waals surface area contributed by atoms with Crippen molar-refractivity contribution in [3.8, 4) is 16.5 Å². The molecule has 0 bridgehead atoms. The monoisotopic (exact) mass is 382 g/mol. The number of carbonyl (C=O) groups excluding carboxylic acids is 1. The van der Waals surface area contributed by atoms with Gasteiger partial charge >= 0.3 is 0 Å². The molecule has 0 saturated heterocycles. The number of carbonyl (C=O) groups is 1. The van der Waals surface area contributed by atoms with Crippen LogP contribution in [-0.2, 0) is 0 Å². The van der Waals surface area contributed by atoms with Crippen LogP contribution in [0.2, 0.25) is 0 Å². The zero-order valence-corrected chi connectivity index (χ0v) is 16.4. The van der Waals surface area contributed by atoms with Gasteiger partial charge < -0.3 is 15.0 Å². The molecule has 140 valence electrons. The van der Waals surface area contributed by atoms with E-state index >= 15 is 0 Å². The number of thiazole rings is 1. The van der Waals surface area contributed by atoms with E-state index in [0.717, 1.165) is 28.5 Å². The van der Waals surface area contributed by atoms with Crippen molar-refractivity contribution >= 4 is 22.9 Å². The van der Waals surface area contributed by atoms with Gasteiger partial charge in [0, 0.05) is 41.1 Å². The van der Waals surface area contributed by atoms with E-state index in [2.05, 4.69) is 15.3 Å². The average Bonchev–Trinajstić information content (AvgIpc) is 3.09. The van der Waals surface area contributed by atoms with Gasteiger partial charge in [0.05, 0.1) is 5.56 Å². The number of amides is 1. The van der Waals surface area contributed by atoms with E-state index in [0.29, 0.717) is 18.1 Å². The number of nitrogens with zero attached hydrogens (tertiary/aromatic N) is 3. The quantitative estimate of drug-likeness (QED) is 0.675. The minimum atomic E-state index is -0.208. The molecule has 27 heavy (non-hydrogen) atoms. The number of rotatable bonds is 7. The molecule has 0 spiro atoms. The number of aromatic nitrogens is 2. The second kappa shape index (κ2) is 8.75. The third kappa shape index (κ3) is 5.35. The molecular weight excluding hydrogens is 360 g/mol. The molecule has 6 nitrogen and oxygen atoms in total. The zero-order valence-electron chi connectivity index (χ0n) is 15.6. The van der Waals surface area contributed by atoms with Gasteiger partial charge in [-0.05, 0) is 51.4 Å². The van der Waals surface area contributed by atoms with Crippen molar-refractivity contribution in [1.29, 1.82) is 0 Å². The lowest BCUT2D eigenvalue weighted by molar-refractivity contribution is 0.102. The van der Waals surface area contributed by atoms with Crippen LogP contribution in [0.15, 0.2) is 48.0 Å². The topological polar surface area (TPSA) is 67.3 Å². The third-order valence-electron chi connectivity index (χ3n) is 3.80. The van der Waals surface area contributed by atoms with E-state index in [1.165, 1.54) is 6.20 Å². The molecule has 1 amide bonds. The van der Waals surface area contributed by atoms with Gasteiger partial charge in [-0.2, -0.15) is 0 Å². The fraction of sp³-hybridized carbons (Fsp3) is 0.250. The molecule has 0 unspecified atom stereocenters. The van der Waals surface area contributed by atoms with E-state index < -0.39 is 0 Å². The van der Waals surface area contributed by atoms with Crippen LogP contribution in [0.1, 0.15) is 16.1 Å². The number of ether oxygens (including phenoxy) is 1. The van der Waals surface area contributed by atoms with Crippen LogP contribution in [0.5, 0.6) is 5.88 Å². The van der Waals surface area contributed by atoms with Crippen molar-refractivity contribution in [3.63, 3.8) is 0 Å². The second-order valence-electron chi connectivity index (χ2n) is 6.36. The number of anilines is 1. The Balaban J connectivity index is 1.58. The Morgan fingerprint density at radius 1 is 1.19 bits per heavy atom. The Kier molecular flexibility index (Phi) is 6.16. The third-order valence-corrected chi connectivity index (χ3v) is 4.80. The summed E-state index contributed by atoms with van der Waals surface area (Å²) in [5, 5.41) is 5.87. The Morgan fingerprint density at radius 2 is 1.96 bits per heavy atom. The Labute approximate surface area is 162 Å². The van der Waals surface area contributed by atoms with Gasteiger partial charge in [0.25, 0.3) is 5.91 Å². The summed E-state index contributed by atoms with van der Waals surface area (Å²) in [6.07, 6.45) is 1.52. The predicted molar refractivity (Wildman–Crippen MR) is 109 cm³/mol. The van der Waals surface area contributed by atoms with E-state index in [1.54, 1.807) is 23.5 Å². The first-order valence-electron chi connectivity index (χ1n) is 8.59. The van der Waals surface area contributed by atoms with Crippen molar-refractivity contribution in [2.24, 2.45) is 0 Å². The molecule has 3 rings (SSSR count). The molecule has 1 aromatic carbocycles. The Hall–Kier alpha value is -2.77. The van der Waals surface area contributed by atoms with Crippen LogP contribution in [-0.4, -0.2) is 48.0 Å². The van der Waals surface area contributed by atoms with Gasteiger partial charge in [0.15, 0.2) is 0 Å². The number of hydrogen-bond donors (Lipinski definition) is 1. The minimum Gasteiger partial charge on any atom is -0.476 e. The molecule has 2 heterocycles. The average molecular weight is 382 g/mol. The normalized spacial score (nSPS) is 10.8. The van der Waals surface area contributed by atoms with Crippen molar-refractivity contribution in [3.05, 3.63) is 59.2 Å². The summed E-state index contributed by atoms with van der Waals surface area (Å²) in [4.78, 5) is 23.1. The van der Waals surface area contributed by atoms with Crippen LogP contribution < -0.4 is 10.1 Å². The standard InChI is InChI=1S/C20H22N4O2S/c1-14-13-27-20(22-14)15-4-7-17(8-5-15)23-19(25)16-6-9-18(21-12-16)26-11-10-24(2)3/h4-9,12-13H,10-11H2,1-3H3,(H,23,25). The van der Waals surface area contributed by atoms with Crippen molar-refractivity contribution in [2.45, 2.75) is 6.92 Å². The number of pyridine rings is 1. The highest BCUT2D eigenvalue weighted by Gasteiger charge is 2.08. The fourth-order valence-corrected chi connectivity index (χ4v) is 3.12. The highest BCUT2D eigenvalue weighted by molar-refractivity contribution is 7.13. The smallest absolute Gasteiger partial charge is 0.257 e. The van der Waals surface area contributed by atoms with Crippen LogP contribution in [0, 0.1) is 6.92 Å². The fourth-order valence-electron chi connectivity index (χ4n) is 2.32. The molecule has 2 aromatic heterocycles. The molecule has 0 aliphatic rings. The van der Waals surface area contributed by atoms with Crippen molar-refractivity contribution in [2.75, 3.05) is 32.6 Å². The molecular formula is C20H22N4O2S. The first-order chi connectivity index (χ1) is 13.0. The van der Waals surface area contributed by atoms with Crippen molar-refractivity contribution in [1.82, 2.24) is 14.9 Å². The maximum atomic E-state index is 12.4. The maximum Gasteiger partial charge on any atom is 0.257 e. The van der Waals surface area contributed by atoms with Gasteiger partial charge in [-0.15, -0.1) is 11.3 Å². The summed E-state index contributed by atoms with van der Waals surface area (Å²) in [6.45, 7) is 3.33. The molecule has 1 N–H and O–H groups in total. The SMILES string of the molecule is Cc1csc(-c2ccc(NC(=O)c3ccc(OCCN(C)C)nc3)cc2)n1. The lowest BCUT2D eigenvalue weighted by Crippen LogP contribution is -2.19. The van der Waals surface area contributed by atoms with Crippen LogP contribution in [0.3, 0.4) is 0 Å². The number of likely N-dealkylation sites (N-methyl/N-ethyl adjacent to an activating group) is 1. The molecule has 0 aliphatic heterocycles. The highest BCUT2D eigenvalue weighted by atomic mass is 32.1. The van der Waals surface area contributed by atoms with Gasteiger partial charge in [-0.1, -0.05) is 0 Å². The van der Waals surface area contributed by atoms with Gasteiger partial charge in [-0.25, -0.2) is 9.97 Å². The molecule has 0 radical (unpaired) electrons. The summed E-state index contributed by atoms with van der Waals surface area (Å²) >= 11 is 1.61. The summed E-state index contributed by atoms with van der Waals surface area (Å²) in [6, 6.07) is 11.1. The van der Waals surface area contributed by atoms with Crippen LogP contribution in [0.4, 0.5) is 5.69 Å². The van der Waals surface area contributed by atoms with E-state index in [9.17, 15) is 4.79 Å². The Morgan fingerprint density at radius 3 is 2.56 bits per heavy atom. The summed E-state index contributed by atoms with van der Waals surface area (Å²) in [5.41, 5.74) is 3.25. The number of aryl methyl sites for hydroxylation is 1. The number of nitrogens with one attached hydrogen (secondary N) is 1. The first-order valence-corrected chi connectivity index (χ1v) is 9.47. The van der Waals surface area contributed by atoms with Crippen LogP contribution >= 0.6 is 11.3 Å². The molecule has 0 saturated carbocycles. The Bertz CT molecular complexity index is 889. The number of hydrogen-bond acceptors (Lipinski definition) is 6.